The van der Waals surface area contributed by atoms with E-state index in [1.807, 2.05) is 0 Å². The average Bonchev–Trinajstić information content (AvgIpc) is 2.45. The predicted molar refractivity (Wildman–Crippen MR) is 67.3 cm³/mol. The van der Waals surface area contributed by atoms with Gasteiger partial charge >= 0.3 is 6.09 Å². The molecule has 2 atom stereocenters. The number of hydrogen-bond donors (Lipinski definition) is 3. The molecule has 0 radical (unpaired) electrons. The Morgan fingerprint density at radius 1 is 1.20 bits per heavy atom. The van der Waals surface area contributed by atoms with Crippen LogP contribution in [0.4, 0.5) is 9.18 Å². The summed E-state index contributed by atoms with van der Waals surface area (Å²) in [6, 6.07) is 6.36. The molecule has 0 saturated carbocycles. The highest BCUT2D eigenvalue weighted by Gasteiger charge is 2.26. The zero-order valence-electron chi connectivity index (χ0n) is 10.3. The number of amides is 1. The number of aliphatic hydroxyl groups is 1. The quantitative estimate of drug-likeness (QED) is 0.790. The van der Waals surface area contributed by atoms with E-state index in [0.717, 1.165) is 12.3 Å². The summed E-state index contributed by atoms with van der Waals surface area (Å²) in [6.45, 7) is 0. The van der Waals surface area contributed by atoms with Crippen LogP contribution in [0.3, 0.4) is 0 Å². The monoisotopic (exact) mass is 277 g/mol. The zero-order chi connectivity index (χ0) is 14.5. The van der Waals surface area contributed by atoms with Gasteiger partial charge in [0.25, 0.3) is 0 Å². The van der Waals surface area contributed by atoms with Crippen molar-refractivity contribution in [3.63, 3.8) is 0 Å². The topological polar surface area (TPSA) is 95.3 Å². The highest BCUT2D eigenvalue weighted by molar-refractivity contribution is 5.65. The van der Waals surface area contributed by atoms with Crippen LogP contribution in [0.2, 0.25) is 0 Å². The summed E-state index contributed by atoms with van der Waals surface area (Å²) >= 11 is 0. The van der Waals surface area contributed by atoms with Gasteiger partial charge in [0.05, 0.1) is 17.6 Å². The van der Waals surface area contributed by atoms with Crippen molar-refractivity contribution in [2.24, 2.45) is 0 Å². The first-order valence-corrected chi connectivity index (χ1v) is 5.78. The molecule has 1 amide bonds. The molecule has 0 aliphatic heterocycles. The third-order valence-electron chi connectivity index (χ3n) is 2.65. The van der Waals surface area contributed by atoms with Crippen molar-refractivity contribution in [3.05, 3.63) is 59.9 Å². The van der Waals surface area contributed by atoms with E-state index in [4.69, 9.17) is 5.11 Å². The number of nitrogens with one attached hydrogen (secondary N) is 1. The number of carbonyl (C=O) groups is 1. The molecule has 20 heavy (non-hydrogen) atoms. The highest BCUT2D eigenvalue weighted by Crippen LogP contribution is 2.26. The van der Waals surface area contributed by atoms with Crippen LogP contribution in [-0.4, -0.2) is 26.3 Å². The average molecular weight is 277 g/mol. The lowest BCUT2D eigenvalue weighted by Gasteiger charge is -2.21. The Bertz CT molecular complexity index is 577. The first-order chi connectivity index (χ1) is 9.58. The van der Waals surface area contributed by atoms with Gasteiger partial charge < -0.3 is 15.5 Å². The van der Waals surface area contributed by atoms with Gasteiger partial charge in [0, 0.05) is 6.20 Å². The predicted octanol–water partition coefficient (Wildman–Crippen LogP) is 1.66. The molecule has 0 aromatic carbocycles. The molecule has 0 bridgehead atoms. The lowest BCUT2D eigenvalue weighted by atomic mass is 10.0. The summed E-state index contributed by atoms with van der Waals surface area (Å²) < 4.78 is 12.8. The van der Waals surface area contributed by atoms with Gasteiger partial charge in [-0.05, 0) is 24.3 Å². The van der Waals surface area contributed by atoms with Gasteiger partial charge in [-0.3, -0.25) is 9.97 Å². The second-order valence-corrected chi connectivity index (χ2v) is 4.03. The second-order valence-electron chi connectivity index (χ2n) is 4.03. The minimum absolute atomic E-state index is 0.149. The SMILES string of the molecule is O=C(O)NC(c1ccccn1)C(O)c1ccc(F)cn1. The van der Waals surface area contributed by atoms with Gasteiger partial charge in [-0.25, -0.2) is 9.18 Å². The van der Waals surface area contributed by atoms with E-state index in [-0.39, 0.29) is 5.69 Å². The number of aliphatic hydroxyl groups excluding tert-OH is 1. The third kappa shape index (κ3) is 3.27. The van der Waals surface area contributed by atoms with E-state index in [1.54, 1.807) is 18.2 Å². The zero-order valence-corrected chi connectivity index (χ0v) is 10.3. The minimum Gasteiger partial charge on any atom is -0.465 e. The van der Waals surface area contributed by atoms with Crippen LogP contribution < -0.4 is 5.32 Å². The van der Waals surface area contributed by atoms with E-state index in [0.29, 0.717) is 5.69 Å². The van der Waals surface area contributed by atoms with Gasteiger partial charge in [-0.2, -0.15) is 0 Å². The minimum atomic E-state index is -1.30. The number of nitrogens with zero attached hydrogens (tertiary/aromatic N) is 2. The number of aromatic nitrogens is 2. The van der Waals surface area contributed by atoms with Crippen LogP contribution >= 0.6 is 0 Å². The molecule has 2 rings (SSSR count). The van der Waals surface area contributed by atoms with Crippen molar-refractivity contribution in [1.82, 2.24) is 15.3 Å². The molecule has 2 aromatic heterocycles. The number of hydrogen-bond acceptors (Lipinski definition) is 4. The van der Waals surface area contributed by atoms with Crippen molar-refractivity contribution < 1.29 is 19.4 Å². The molecule has 7 heteroatoms. The summed E-state index contributed by atoms with van der Waals surface area (Å²) in [5, 5.41) is 21.3. The van der Waals surface area contributed by atoms with Crippen LogP contribution in [0.15, 0.2) is 42.7 Å². The van der Waals surface area contributed by atoms with Crippen LogP contribution in [0.5, 0.6) is 0 Å². The van der Waals surface area contributed by atoms with Crippen molar-refractivity contribution in [1.29, 1.82) is 0 Å². The Morgan fingerprint density at radius 2 is 2.00 bits per heavy atom. The van der Waals surface area contributed by atoms with Gasteiger partial charge in [0.2, 0.25) is 0 Å². The van der Waals surface area contributed by atoms with E-state index < -0.39 is 24.1 Å². The first kappa shape index (κ1) is 13.9. The Labute approximate surface area is 113 Å². The molecule has 0 aliphatic carbocycles. The smallest absolute Gasteiger partial charge is 0.405 e. The Balaban J connectivity index is 2.31. The highest BCUT2D eigenvalue weighted by atomic mass is 19.1. The Morgan fingerprint density at radius 3 is 2.55 bits per heavy atom. The van der Waals surface area contributed by atoms with E-state index in [1.165, 1.54) is 12.3 Å². The normalized spacial score (nSPS) is 13.5. The fraction of sp³-hybridized carbons (Fsp3) is 0.154. The van der Waals surface area contributed by atoms with E-state index in [9.17, 15) is 14.3 Å². The van der Waals surface area contributed by atoms with Gasteiger partial charge in [0.1, 0.15) is 18.0 Å². The van der Waals surface area contributed by atoms with Gasteiger partial charge in [0.15, 0.2) is 0 Å². The van der Waals surface area contributed by atoms with Crippen LogP contribution in [0.1, 0.15) is 23.5 Å². The largest absolute Gasteiger partial charge is 0.465 e. The summed E-state index contributed by atoms with van der Waals surface area (Å²) in [4.78, 5) is 18.6. The number of rotatable bonds is 4. The molecular formula is C13H12FN3O3. The van der Waals surface area contributed by atoms with E-state index in [2.05, 4.69) is 15.3 Å². The summed E-state index contributed by atoms with van der Waals surface area (Å²) in [5.74, 6) is -0.540. The van der Waals surface area contributed by atoms with E-state index >= 15 is 0 Å². The van der Waals surface area contributed by atoms with Crippen molar-refractivity contribution in [3.8, 4) is 0 Å². The maximum Gasteiger partial charge on any atom is 0.405 e. The maximum absolute atomic E-state index is 12.8. The summed E-state index contributed by atoms with van der Waals surface area (Å²) in [5.41, 5.74) is 0.490. The van der Waals surface area contributed by atoms with Crippen molar-refractivity contribution >= 4 is 6.09 Å². The fourth-order valence-corrected chi connectivity index (χ4v) is 1.74. The molecule has 2 heterocycles. The van der Waals surface area contributed by atoms with Crippen LogP contribution in [0.25, 0.3) is 0 Å². The molecule has 0 fully saturated rings. The Kier molecular flexibility index (Phi) is 4.21. The van der Waals surface area contributed by atoms with Gasteiger partial charge in [-0.1, -0.05) is 6.07 Å². The van der Waals surface area contributed by atoms with Crippen molar-refractivity contribution in [2.75, 3.05) is 0 Å². The molecule has 0 aliphatic rings. The number of pyridine rings is 2. The maximum atomic E-state index is 12.8. The third-order valence-corrected chi connectivity index (χ3v) is 2.65. The molecule has 0 saturated heterocycles. The summed E-state index contributed by atoms with van der Waals surface area (Å²) in [6.07, 6.45) is -0.144. The van der Waals surface area contributed by atoms with Crippen LogP contribution in [0, 0.1) is 5.82 Å². The lowest BCUT2D eigenvalue weighted by molar-refractivity contribution is 0.115. The molecular weight excluding hydrogens is 265 g/mol. The molecule has 3 N–H and O–H groups in total. The summed E-state index contributed by atoms with van der Waals surface area (Å²) in [7, 11) is 0. The number of halogens is 1. The fourth-order valence-electron chi connectivity index (χ4n) is 1.74. The second kappa shape index (κ2) is 6.07. The van der Waals surface area contributed by atoms with Crippen LogP contribution in [-0.2, 0) is 0 Å². The first-order valence-electron chi connectivity index (χ1n) is 5.78. The van der Waals surface area contributed by atoms with Gasteiger partial charge in [-0.15, -0.1) is 0 Å². The standard InChI is InChI=1S/C13H12FN3O3/c14-8-4-5-10(16-7-8)12(18)11(17-13(19)20)9-3-1-2-6-15-9/h1-7,11-12,17-18H,(H,19,20). The molecule has 0 spiro atoms. The molecule has 2 aromatic rings. The molecule has 6 nitrogen and oxygen atoms in total. The molecule has 104 valence electrons. The number of carboxylic acid groups (broad SMARTS) is 1. The lowest BCUT2D eigenvalue weighted by Crippen LogP contribution is -2.32. The Hall–Kier alpha value is -2.54. The van der Waals surface area contributed by atoms with Crippen molar-refractivity contribution in [2.45, 2.75) is 12.1 Å². The molecule has 2 unspecified atom stereocenters.